The number of aromatic nitrogens is 2. The van der Waals surface area contributed by atoms with Gasteiger partial charge in [0.05, 0.1) is 0 Å². The van der Waals surface area contributed by atoms with Crippen LogP contribution in [0, 0.1) is 11.7 Å². The van der Waals surface area contributed by atoms with Crippen molar-refractivity contribution in [2.24, 2.45) is 5.92 Å². The van der Waals surface area contributed by atoms with Crippen LogP contribution in [0.4, 0.5) is 10.2 Å². The second-order valence-electron chi connectivity index (χ2n) is 7.24. The normalized spacial score (nSPS) is 10.8. The number of hydrogen-bond donors (Lipinski definition) is 2. The number of amides is 1. The van der Waals surface area contributed by atoms with Gasteiger partial charge >= 0.3 is 0 Å². The summed E-state index contributed by atoms with van der Waals surface area (Å²) < 4.78 is 13.0. The van der Waals surface area contributed by atoms with Gasteiger partial charge in [-0.15, -0.1) is 0 Å². The fourth-order valence-electron chi connectivity index (χ4n) is 2.74. The van der Waals surface area contributed by atoms with Crippen molar-refractivity contribution in [2.45, 2.75) is 20.3 Å². The molecule has 6 heteroatoms. The topological polar surface area (TPSA) is 66.9 Å². The Morgan fingerprint density at radius 2 is 1.76 bits per heavy atom. The van der Waals surface area contributed by atoms with Crippen LogP contribution < -0.4 is 10.6 Å². The molecule has 1 heterocycles. The number of nitrogens with zero attached hydrogens (tertiary/aromatic N) is 2. The first-order chi connectivity index (χ1) is 14.0. The number of carbonyl (C=O) groups excluding carboxylic acids is 1. The number of rotatable bonds is 8. The molecule has 0 atom stereocenters. The third-order valence-corrected chi connectivity index (χ3v) is 4.29. The zero-order chi connectivity index (χ0) is 20.6. The van der Waals surface area contributed by atoms with Gasteiger partial charge in [0.15, 0.2) is 5.82 Å². The Balaban J connectivity index is 1.78. The molecule has 0 saturated heterocycles. The van der Waals surface area contributed by atoms with Gasteiger partial charge in [0, 0.05) is 24.7 Å². The summed E-state index contributed by atoms with van der Waals surface area (Å²) in [6.07, 6.45) is 0.708. The summed E-state index contributed by atoms with van der Waals surface area (Å²) >= 11 is 0. The van der Waals surface area contributed by atoms with Gasteiger partial charge in [0.25, 0.3) is 5.91 Å². The van der Waals surface area contributed by atoms with E-state index in [1.54, 1.807) is 18.2 Å². The molecular weight excluding hydrogens is 367 g/mol. The van der Waals surface area contributed by atoms with E-state index in [-0.39, 0.29) is 11.7 Å². The molecule has 3 rings (SSSR count). The Bertz CT molecular complexity index is 943. The van der Waals surface area contributed by atoms with Crippen LogP contribution in [0.15, 0.2) is 60.7 Å². The van der Waals surface area contributed by atoms with Gasteiger partial charge in [-0.25, -0.2) is 14.4 Å². The van der Waals surface area contributed by atoms with Crippen molar-refractivity contribution in [3.63, 3.8) is 0 Å². The molecule has 0 radical (unpaired) electrons. The summed E-state index contributed by atoms with van der Waals surface area (Å²) in [7, 11) is 0. The Morgan fingerprint density at radius 1 is 1.03 bits per heavy atom. The van der Waals surface area contributed by atoms with Gasteiger partial charge in [-0.2, -0.15) is 0 Å². The second-order valence-corrected chi connectivity index (χ2v) is 7.24. The predicted octanol–water partition coefficient (Wildman–Crippen LogP) is 4.32. The highest BCUT2D eigenvalue weighted by atomic mass is 19.1. The number of nitrogens with one attached hydrogen (secondary N) is 2. The van der Waals surface area contributed by atoms with Crippen LogP contribution in [0.25, 0.3) is 11.4 Å². The molecule has 1 aromatic heterocycles. The second kappa shape index (κ2) is 9.78. The van der Waals surface area contributed by atoms with E-state index in [0.717, 1.165) is 11.1 Å². The maximum absolute atomic E-state index is 13.0. The maximum atomic E-state index is 13.0. The van der Waals surface area contributed by atoms with Crippen LogP contribution in [-0.2, 0) is 6.42 Å². The summed E-state index contributed by atoms with van der Waals surface area (Å²) in [4.78, 5) is 21.6. The first-order valence-corrected chi connectivity index (χ1v) is 9.72. The summed E-state index contributed by atoms with van der Waals surface area (Å²) in [6, 6.07) is 17.6. The Labute approximate surface area is 170 Å². The minimum absolute atomic E-state index is 0.222. The number of halogens is 1. The summed E-state index contributed by atoms with van der Waals surface area (Å²) in [6.45, 7) is 5.26. The van der Waals surface area contributed by atoms with Crippen molar-refractivity contribution in [3.8, 4) is 11.4 Å². The van der Waals surface area contributed by atoms with Crippen molar-refractivity contribution in [3.05, 3.63) is 77.7 Å². The molecule has 1 amide bonds. The smallest absolute Gasteiger partial charge is 0.270 e. The Hall–Kier alpha value is -3.28. The molecule has 3 aromatic rings. The zero-order valence-electron chi connectivity index (χ0n) is 16.7. The van der Waals surface area contributed by atoms with E-state index in [1.165, 1.54) is 12.1 Å². The van der Waals surface area contributed by atoms with Crippen molar-refractivity contribution in [1.29, 1.82) is 0 Å². The first kappa shape index (κ1) is 20.5. The van der Waals surface area contributed by atoms with Gasteiger partial charge in [0.2, 0.25) is 0 Å². The summed E-state index contributed by atoms with van der Waals surface area (Å²) in [5.41, 5.74) is 2.18. The molecule has 5 nitrogen and oxygen atoms in total. The minimum atomic E-state index is -0.248. The largest absolute Gasteiger partial charge is 0.370 e. The van der Waals surface area contributed by atoms with Crippen molar-refractivity contribution < 1.29 is 9.18 Å². The van der Waals surface area contributed by atoms with Gasteiger partial charge in [-0.3, -0.25) is 4.79 Å². The van der Waals surface area contributed by atoms with Crippen LogP contribution in [0.1, 0.15) is 29.9 Å². The highest BCUT2D eigenvalue weighted by Crippen LogP contribution is 2.18. The minimum Gasteiger partial charge on any atom is -0.370 e. The highest BCUT2D eigenvalue weighted by molar-refractivity contribution is 5.93. The lowest BCUT2D eigenvalue weighted by atomic mass is 10.1. The van der Waals surface area contributed by atoms with Gasteiger partial charge in [-0.1, -0.05) is 56.3 Å². The molecule has 0 aliphatic rings. The monoisotopic (exact) mass is 392 g/mol. The summed E-state index contributed by atoms with van der Waals surface area (Å²) in [5.74, 6) is 0.951. The van der Waals surface area contributed by atoms with Crippen LogP contribution in [0.2, 0.25) is 0 Å². The van der Waals surface area contributed by atoms with Crippen molar-refractivity contribution >= 4 is 11.7 Å². The Kier molecular flexibility index (Phi) is 6.89. The van der Waals surface area contributed by atoms with Crippen LogP contribution in [0.3, 0.4) is 0 Å². The highest BCUT2D eigenvalue weighted by Gasteiger charge is 2.13. The lowest BCUT2D eigenvalue weighted by Gasteiger charge is -2.11. The van der Waals surface area contributed by atoms with Gasteiger partial charge < -0.3 is 10.6 Å². The average Bonchev–Trinajstić information content (AvgIpc) is 2.74. The van der Waals surface area contributed by atoms with Crippen LogP contribution in [0.5, 0.6) is 0 Å². The fraction of sp³-hybridized carbons (Fsp3) is 0.261. The van der Waals surface area contributed by atoms with E-state index in [2.05, 4.69) is 20.6 Å². The van der Waals surface area contributed by atoms with Crippen molar-refractivity contribution in [1.82, 2.24) is 15.3 Å². The molecule has 0 aliphatic heterocycles. The van der Waals surface area contributed by atoms with Crippen molar-refractivity contribution in [2.75, 3.05) is 18.4 Å². The zero-order valence-corrected chi connectivity index (χ0v) is 16.7. The van der Waals surface area contributed by atoms with E-state index in [0.29, 0.717) is 42.8 Å². The van der Waals surface area contributed by atoms with E-state index < -0.39 is 0 Å². The molecule has 0 unspecified atom stereocenters. The lowest BCUT2D eigenvalue weighted by Crippen LogP contribution is -2.28. The molecular formula is C23H25FN4O. The molecule has 0 fully saturated rings. The van der Waals surface area contributed by atoms with Gasteiger partial charge in [-0.05, 0) is 30.0 Å². The molecule has 0 bridgehead atoms. The molecule has 2 aromatic carbocycles. The van der Waals surface area contributed by atoms with E-state index >= 15 is 0 Å². The van der Waals surface area contributed by atoms with Gasteiger partial charge in [0.1, 0.15) is 17.3 Å². The number of hydrogen-bond acceptors (Lipinski definition) is 4. The molecule has 29 heavy (non-hydrogen) atoms. The van der Waals surface area contributed by atoms with Crippen LogP contribution >= 0.6 is 0 Å². The maximum Gasteiger partial charge on any atom is 0.270 e. The molecule has 0 saturated carbocycles. The van der Waals surface area contributed by atoms with Crippen LogP contribution in [-0.4, -0.2) is 29.0 Å². The standard InChI is InChI=1S/C23H25FN4O/c1-16(2)15-26-23(29)20-14-21(25-13-12-17-8-10-19(24)11-9-17)28-22(27-20)18-6-4-3-5-7-18/h3-11,14,16H,12-13,15H2,1-2H3,(H,26,29)(H,25,27,28). The average molecular weight is 392 g/mol. The summed E-state index contributed by atoms with van der Waals surface area (Å²) in [5, 5.41) is 6.15. The van der Waals surface area contributed by atoms with E-state index in [9.17, 15) is 9.18 Å². The Morgan fingerprint density at radius 3 is 2.45 bits per heavy atom. The SMILES string of the molecule is CC(C)CNC(=O)c1cc(NCCc2ccc(F)cc2)nc(-c2ccccc2)n1. The first-order valence-electron chi connectivity index (χ1n) is 9.72. The molecule has 0 spiro atoms. The predicted molar refractivity (Wildman–Crippen MR) is 113 cm³/mol. The third kappa shape index (κ3) is 6.10. The number of benzene rings is 2. The molecule has 150 valence electrons. The third-order valence-electron chi connectivity index (χ3n) is 4.29. The van der Waals surface area contributed by atoms with E-state index in [4.69, 9.17) is 0 Å². The van der Waals surface area contributed by atoms with E-state index in [1.807, 2.05) is 44.2 Å². The lowest BCUT2D eigenvalue weighted by molar-refractivity contribution is 0.0944. The number of anilines is 1. The quantitative estimate of drug-likeness (QED) is 0.599. The fourth-order valence-corrected chi connectivity index (χ4v) is 2.74. The number of carbonyl (C=O) groups is 1. The molecule has 0 aliphatic carbocycles. The molecule has 2 N–H and O–H groups in total.